The molecule has 2 nitrogen and oxygen atoms in total. The predicted octanol–water partition coefficient (Wildman–Crippen LogP) is 3.85. The summed E-state index contributed by atoms with van der Waals surface area (Å²) >= 11 is 0. The van der Waals surface area contributed by atoms with Crippen molar-refractivity contribution in [2.24, 2.45) is 5.92 Å². The Balaban J connectivity index is 1.88. The Bertz CT molecular complexity index is 397. The minimum Gasteiger partial charge on any atom is -0.315 e. The van der Waals surface area contributed by atoms with E-state index in [9.17, 15) is 0 Å². The van der Waals surface area contributed by atoms with Gasteiger partial charge < -0.3 is 5.32 Å². The van der Waals surface area contributed by atoms with Gasteiger partial charge in [-0.25, -0.2) is 0 Å². The van der Waals surface area contributed by atoms with E-state index in [2.05, 4.69) is 55.3 Å². The van der Waals surface area contributed by atoms with Crippen molar-refractivity contribution in [3.63, 3.8) is 0 Å². The standard InChI is InChI=1S/C19H32N2/c1-4-17-8-10-18(11-9-17)15-21-12-6-5-7-19(21)14-20-13-16(2)3/h8-11,16,19-20H,4-7,12-15H2,1-3H3. The number of aryl methyl sites for hydroxylation is 1. The van der Waals surface area contributed by atoms with Gasteiger partial charge >= 0.3 is 0 Å². The molecular formula is C19H32N2. The third kappa shape index (κ3) is 5.44. The van der Waals surface area contributed by atoms with Crippen molar-refractivity contribution in [2.45, 2.75) is 59.0 Å². The summed E-state index contributed by atoms with van der Waals surface area (Å²) in [7, 11) is 0. The maximum atomic E-state index is 3.65. The molecule has 1 fully saturated rings. The zero-order valence-electron chi connectivity index (χ0n) is 14.1. The number of piperidine rings is 1. The van der Waals surface area contributed by atoms with Crippen LogP contribution in [-0.4, -0.2) is 30.6 Å². The number of nitrogens with one attached hydrogen (secondary N) is 1. The van der Waals surface area contributed by atoms with Crippen LogP contribution < -0.4 is 5.32 Å². The highest BCUT2D eigenvalue weighted by Gasteiger charge is 2.21. The zero-order valence-corrected chi connectivity index (χ0v) is 14.1. The van der Waals surface area contributed by atoms with Gasteiger partial charge in [-0.2, -0.15) is 0 Å². The van der Waals surface area contributed by atoms with Crippen LogP contribution in [0.5, 0.6) is 0 Å². The highest BCUT2D eigenvalue weighted by molar-refractivity contribution is 5.22. The first-order valence-corrected chi connectivity index (χ1v) is 8.71. The van der Waals surface area contributed by atoms with Crippen LogP contribution in [0.3, 0.4) is 0 Å². The van der Waals surface area contributed by atoms with Gasteiger partial charge in [-0.15, -0.1) is 0 Å². The van der Waals surface area contributed by atoms with Crippen molar-refractivity contribution in [2.75, 3.05) is 19.6 Å². The van der Waals surface area contributed by atoms with E-state index in [1.165, 1.54) is 36.9 Å². The molecule has 2 heteroatoms. The molecule has 0 spiro atoms. The fourth-order valence-corrected chi connectivity index (χ4v) is 3.15. The molecule has 1 saturated heterocycles. The summed E-state index contributed by atoms with van der Waals surface area (Å²) in [5, 5.41) is 3.65. The second-order valence-electron chi connectivity index (χ2n) is 6.84. The molecule has 0 aliphatic carbocycles. The van der Waals surface area contributed by atoms with Crippen LogP contribution in [0, 0.1) is 5.92 Å². The molecule has 118 valence electrons. The van der Waals surface area contributed by atoms with Gasteiger partial charge in [0.15, 0.2) is 0 Å². The first kappa shape index (κ1) is 16.5. The first-order valence-electron chi connectivity index (χ1n) is 8.71. The molecular weight excluding hydrogens is 256 g/mol. The van der Waals surface area contributed by atoms with Crippen LogP contribution in [-0.2, 0) is 13.0 Å². The Morgan fingerprint density at radius 1 is 1.14 bits per heavy atom. The molecule has 1 aliphatic heterocycles. The molecule has 21 heavy (non-hydrogen) atoms. The Kier molecular flexibility index (Phi) is 6.72. The van der Waals surface area contributed by atoms with E-state index in [-0.39, 0.29) is 0 Å². The molecule has 1 atom stereocenters. The fourth-order valence-electron chi connectivity index (χ4n) is 3.15. The smallest absolute Gasteiger partial charge is 0.0237 e. The maximum Gasteiger partial charge on any atom is 0.0237 e. The Morgan fingerprint density at radius 3 is 2.52 bits per heavy atom. The van der Waals surface area contributed by atoms with Gasteiger partial charge in [0.2, 0.25) is 0 Å². The summed E-state index contributed by atoms with van der Waals surface area (Å²) in [4.78, 5) is 2.68. The SMILES string of the molecule is CCc1ccc(CN2CCCCC2CNCC(C)C)cc1. The van der Waals surface area contributed by atoms with Gasteiger partial charge in [-0.3, -0.25) is 4.90 Å². The highest BCUT2D eigenvalue weighted by Crippen LogP contribution is 2.19. The minimum atomic E-state index is 0.711. The number of hydrogen-bond acceptors (Lipinski definition) is 2. The van der Waals surface area contributed by atoms with Gasteiger partial charge in [-0.05, 0) is 49.4 Å². The topological polar surface area (TPSA) is 15.3 Å². The number of nitrogens with zero attached hydrogens (tertiary/aromatic N) is 1. The summed E-state index contributed by atoms with van der Waals surface area (Å²) < 4.78 is 0. The molecule has 0 radical (unpaired) electrons. The number of rotatable bonds is 7. The van der Waals surface area contributed by atoms with Crippen molar-refractivity contribution in [3.05, 3.63) is 35.4 Å². The highest BCUT2D eigenvalue weighted by atomic mass is 15.2. The third-order valence-corrected chi connectivity index (χ3v) is 4.50. The lowest BCUT2D eigenvalue weighted by Gasteiger charge is -2.36. The normalized spacial score (nSPS) is 20.1. The maximum absolute atomic E-state index is 3.65. The van der Waals surface area contributed by atoms with Gasteiger partial charge in [0.05, 0.1) is 0 Å². The average molecular weight is 288 g/mol. The largest absolute Gasteiger partial charge is 0.315 e. The van der Waals surface area contributed by atoms with Crippen molar-refractivity contribution in [3.8, 4) is 0 Å². The Labute approximate surface area is 130 Å². The lowest BCUT2D eigenvalue weighted by Crippen LogP contribution is -2.45. The summed E-state index contributed by atoms with van der Waals surface area (Å²) in [5.74, 6) is 0.739. The molecule has 0 bridgehead atoms. The van der Waals surface area contributed by atoms with E-state index in [4.69, 9.17) is 0 Å². The number of likely N-dealkylation sites (tertiary alicyclic amines) is 1. The van der Waals surface area contributed by atoms with Crippen molar-refractivity contribution < 1.29 is 0 Å². The molecule has 2 rings (SSSR count). The van der Waals surface area contributed by atoms with Gasteiger partial charge in [-0.1, -0.05) is 51.5 Å². The number of hydrogen-bond donors (Lipinski definition) is 1. The first-order chi connectivity index (χ1) is 10.2. The Hall–Kier alpha value is -0.860. The van der Waals surface area contributed by atoms with Gasteiger partial charge in [0.25, 0.3) is 0 Å². The predicted molar refractivity (Wildman–Crippen MR) is 91.6 cm³/mol. The van der Waals surface area contributed by atoms with Crippen LogP contribution >= 0.6 is 0 Å². The fraction of sp³-hybridized carbons (Fsp3) is 0.684. The molecule has 1 heterocycles. The Morgan fingerprint density at radius 2 is 1.86 bits per heavy atom. The molecule has 1 aromatic rings. The summed E-state index contributed by atoms with van der Waals surface area (Å²) in [6.45, 7) is 11.4. The third-order valence-electron chi connectivity index (χ3n) is 4.50. The van der Waals surface area contributed by atoms with E-state index in [1.54, 1.807) is 0 Å². The van der Waals surface area contributed by atoms with Crippen molar-refractivity contribution in [1.29, 1.82) is 0 Å². The van der Waals surface area contributed by atoms with E-state index in [0.29, 0.717) is 6.04 Å². The summed E-state index contributed by atoms with van der Waals surface area (Å²) in [6.07, 6.45) is 5.22. The van der Waals surface area contributed by atoms with Crippen LogP contribution in [0.15, 0.2) is 24.3 Å². The van der Waals surface area contributed by atoms with Gasteiger partial charge in [0.1, 0.15) is 0 Å². The van der Waals surface area contributed by atoms with Crippen LogP contribution in [0.2, 0.25) is 0 Å². The lowest BCUT2D eigenvalue weighted by molar-refractivity contribution is 0.137. The molecule has 0 amide bonds. The molecule has 1 N–H and O–H groups in total. The second-order valence-corrected chi connectivity index (χ2v) is 6.84. The molecule has 1 aliphatic rings. The monoisotopic (exact) mass is 288 g/mol. The lowest BCUT2D eigenvalue weighted by atomic mass is 10.0. The molecule has 1 unspecified atom stereocenters. The van der Waals surface area contributed by atoms with Crippen LogP contribution in [0.25, 0.3) is 0 Å². The van der Waals surface area contributed by atoms with Gasteiger partial charge in [0, 0.05) is 19.1 Å². The molecule has 0 aromatic heterocycles. The average Bonchev–Trinajstić information content (AvgIpc) is 2.49. The number of benzene rings is 1. The summed E-state index contributed by atoms with van der Waals surface area (Å²) in [6, 6.07) is 9.90. The van der Waals surface area contributed by atoms with E-state index in [0.717, 1.165) is 32.0 Å². The molecule has 0 saturated carbocycles. The summed E-state index contributed by atoms with van der Waals surface area (Å²) in [5.41, 5.74) is 2.90. The van der Waals surface area contributed by atoms with Crippen molar-refractivity contribution in [1.82, 2.24) is 10.2 Å². The van der Waals surface area contributed by atoms with E-state index >= 15 is 0 Å². The van der Waals surface area contributed by atoms with E-state index in [1.807, 2.05) is 0 Å². The molecule has 1 aromatic carbocycles. The second kappa shape index (κ2) is 8.55. The van der Waals surface area contributed by atoms with E-state index < -0.39 is 0 Å². The zero-order chi connectivity index (χ0) is 15.1. The van der Waals surface area contributed by atoms with Crippen LogP contribution in [0.1, 0.15) is 51.2 Å². The van der Waals surface area contributed by atoms with Crippen LogP contribution in [0.4, 0.5) is 0 Å². The van der Waals surface area contributed by atoms with Crippen molar-refractivity contribution >= 4 is 0 Å². The minimum absolute atomic E-state index is 0.711. The quantitative estimate of drug-likeness (QED) is 0.820.